The van der Waals surface area contributed by atoms with Crippen molar-refractivity contribution in [1.82, 2.24) is 10.2 Å². The van der Waals surface area contributed by atoms with Gasteiger partial charge in [-0.2, -0.15) is 0 Å². The summed E-state index contributed by atoms with van der Waals surface area (Å²) in [5, 5.41) is 4.73. The lowest BCUT2D eigenvalue weighted by Gasteiger charge is -2.21. The monoisotopic (exact) mass is 290 g/mol. The largest absolute Gasteiger partial charge is 0.315 e. The molecule has 110 valence electrons. The standard InChI is InChI=1S/C17H26N2S/c1-5-13(2)11-19(4)12-15-14-8-6-7-9-16(14)20-17(15)10-18-3/h6-9,13,18H,5,10-12H2,1-4H3. The predicted octanol–water partition coefficient (Wildman–Crippen LogP) is 4.10. The van der Waals surface area contributed by atoms with E-state index in [1.807, 2.05) is 18.4 Å². The summed E-state index contributed by atoms with van der Waals surface area (Å²) < 4.78 is 1.41. The second-order valence-electron chi connectivity index (χ2n) is 5.74. The molecular formula is C17H26N2S. The molecule has 2 nitrogen and oxygen atoms in total. The second kappa shape index (κ2) is 7.21. The lowest BCUT2D eigenvalue weighted by atomic mass is 10.1. The quantitative estimate of drug-likeness (QED) is 0.826. The van der Waals surface area contributed by atoms with E-state index in [1.54, 1.807) is 0 Å². The highest BCUT2D eigenvalue weighted by Gasteiger charge is 2.14. The average molecular weight is 290 g/mol. The first-order valence-electron chi connectivity index (χ1n) is 7.48. The highest BCUT2D eigenvalue weighted by Crippen LogP contribution is 2.32. The van der Waals surface area contributed by atoms with E-state index in [2.05, 4.69) is 55.4 Å². The van der Waals surface area contributed by atoms with Gasteiger partial charge in [0.2, 0.25) is 0 Å². The summed E-state index contributed by atoms with van der Waals surface area (Å²) in [6.45, 7) is 7.78. The van der Waals surface area contributed by atoms with Crippen LogP contribution in [-0.2, 0) is 13.1 Å². The molecule has 0 saturated heterocycles. The lowest BCUT2D eigenvalue weighted by Crippen LogP contribution is -2.24. The van der Waals surface area contributed by atoms with E-state index in [4.69, 9.17) is 0 Å². The molecule has 1 unspecified atom stereocenters. The molecule has 1 aromatic heterocycles. The van der Waals surface area contributed by atoms with E-state index in [0.29, 0.717) is 0 Å². The van der Waals surface area contributed by atoms with Gasteiger partial charge in [-0.05, 0) is 37.0 Å². The number of nitrogens with zero attached hydrogens (tertiary/aromatic N) is 1. The summed E-state index contributed by atoms with van der Waals surface area (Å²) in [7, 11) is 4.26. The van der Waals surface area contributed by atoms with Crippen molar-refractivity contribution in [2.45, 2.75) is 33.4 Å². The third-order valence-corrected chi connectivity index (χ3v) is 5.08. The Kier molecular flexibility index (Phi) is 5.58. The van der Waals surface area contributed by atoms with Crippen LogP contribution in [0.3, 0.4) is 0 Å². The van der Waals surface area contributed by atoms with E-state index in [0.717, 1.165) is 19.0 Å². The van der Waals surface area contributed by atoms with Crippen LogP contribution in [0.1, 0.15) is 30.7 Å². The summed E-state index contributed by atoms with van der Waals surface area (Å²) in [5.41, 5.74) is 1.51. The van der Waals surface area contributed by atoms with Gasteiger partial charge in [0.15, 0.2) is 0 Å². The highest BCUT2D eigenvalue weighted by atomic mass is 32.1. The Morgan fingerprint density at radius 3 is 2.75 bits per heavy atom. The number of nitrogens with one attached hydrogen (secondary N) is 1. The van der Waals surface area contributed by atoms with E-state index in [9.17, 15) is 0 Å². The Balaban J connectivity index is 2.24. The van der Waals surface area contributed by atoms with Gasteiger partial charge in [0.05, 0.1) is 0 Å². The van der Waals surface area contributed by atoms with Crippen molar-refractivity contribution in [1.29, 1.82) is 0 Å². The molecule has 0 saturated carbocycles. The lowest BCUT2D eigenvalue weighted by molar-refractivity contribution is 0.275. The Bertz CT molecular complexity index is 547. The van der Waals surface area contributed by atoms with Gasteiger partial charge < -0.3 is 10.2 Å². The summed E-state index contributed by atoms with van der Waals surface area (Å²) in [6, 6.07) is 8.78. The minimum absolute atomic E-state index is 0.762. The molecule has 1 aromatic carbocycles. The molecule has 0 aliphatic heterocycles. The van der Waals surface area contributed by atoms with Crippen LogP contribution < -0.4 is 5.32 Å². The minimum atomic E-state index is 0.762. The molecule has 1 heterocycles. The Hall–Kier alpha value is -0.900. The maximum atomic E-state index is 3.30. The summed E-state index contributed by atoms with van der Waals surface area (Å²) >= 11 is 1.93. The van der Waals surface area contributed by atoms with Crippen molar-refractivity contribution >= 4 is 21.4 Å². The molecule has 0 fully saturated rings. The third kappa shape index (κ3) is 3.60. The summed E-state index contributed by atoms with van der Waals surface area (Å²) in [4.78, 5) is 3.94. The topological polar surface area (TPSA) is 15.3 Å². The zero-order valence-electron chi connectivity index (χ0n) is 13.1. The van der Waals surface area contributed by atoms with Crippen LogP contribution in [-0.4, -0.2) is 25.5 Å². The van der Waals surface area contributed by atoms with Crippen LogP contribution in [0, 0.1) is 5.92 Å². The SMILES string of the molecule is CCC(C)CN(C)Cc1c(CNC)sc2ccccc12. The van der Waals surface area contributed by atoms with E-state index in [-0.39, 0.29) is 0 Å². The van der Waals surface area contributed by atoms with Crippen LogP contribution in [0.4, 0.5) is 0 Å². The van der Waals surface area contributed by atoms with Gasteiger partial charge in [0.1, 0.15) is 0 Å². The van der Waals surface area contributed by atoms with Gasteiger partial charge in [0, 0.05) is 29.2 Å². The molecule has 2 rings (SSSR count). The van der Waals surface area contributed by atoms with E-state index >= 15 is 0 Å². The molecule has 0 radical (unpaired) electrons. The fraction of sp³-hybridized carbons (Fsp3) is 0.529. The molecule has 1 atom stereocenters. The Morgan fingerprint density at radius 1 is 1.30 bits per heavy atom. The molecule has 20 heavy (non-hydrogen) atoms. The molecule has 3 heteroatoms. The van der Waals surface area contributed by atoms with Crippen LogP contribution >= 0.6 is 11.3 Å². The first-order chi connectivity index (χ1) is 9.65. The molecule has 2 aromatic rings. The molecule has 0 bridgehead atoms. The fourth-order valence-electron chi connectivity index (χ4n) is 2.62. The molecule has 0 aliphatic rings. The molecule has 1 N–H and O–H groups in total. The number of benzene rings is 1. The van der Waals surface area contributed by atoms with Crippen LogP contribution in [0.15, 0.2) is 24.3 Å². The van der Waals surface area contributed by atoms with E-state index < -0.39 is 0 Å². The van der Waals surface area contributed by atoms with Gasteiger partial charge in [0.25, 0.3) is 0 Å². The maximum absolute atomic E-state index is 3.30. The third-order valence-electron chi connectivity index (χ3n) is 3.87. The number of hydrogen-bond donors (Lipinski definition) is 1. The van der Waals surface area contributed by atoms with Crippen LogP contribution in [0.2, 0.25) is 0 Å². The van der Waals surface area contributed by atoms with Crippen molar-refractivity contribution < 1.29 is 0 Å². The van der Waals surface area contributed by atoms with Crippen LogP contribution in [0.5, 0.6) is 0 Å². The summed E-state index contributed by atoms with van der Waals surface area (Å²) in [5.74, 6) is 0.762. The van der Waals surface area contributed by atoms with Crippen molar-refractivity contribution in [3.8, 4) is 0 Å². The van der Waals surface area contributed by atoms with Crippen molar-refractivity contribution in [2.24, 2.45) is 5.92 Å². The van der Waals surface area contributed by atoms with Gasteiger partial charge in [-0.25, -0.2) is 0 Å². The molecule has 0 spiro atoms. The number of hydrogen-bond acceptors (Lipinski definition) is 3. The number of fused-ring (bicyclic) bond motifs is 1. The number of rotatable bonds is 7. The smallest absolute Gasteiger partial charge is 0.0349 e. The van der Waals surface area contributed by atoms with Gasteiger partial charge in [-0.1, -0.05) is 38.5 Å². The molecule has 0 aliphatic carbocycles. The Morgan fingerprint density at radius 2 is 2.05 bits per heavy atom. The Labute approximate surface area is 126 Å². The minimum Gasteiger partial charge on any atom is -0.315 e. The van der Waals surface area contributed by atoms with Crippen molar-refractivity contribution in [3.63, 3.8) is 0 Å². The number of thiophene rings is 1. The zero-order chi connectivity index (χ0) is 14.5. The first-order valence-corrected chi connectivity index (χ1v) is 8.29. The fourth-order valence-corrected chi connectivity index (χ4v) is 3.85. The highest BCUT2D eigenvalue weighted by molar-refractivity contribution is 7.19. The van der Waals surface area contributed by atoms with Gasteiger partial charge in [-0.3, -0.25) is 0 Å². The first kappa shape index (κ1) is 15.5. The van der Waals surface area contributed by atoms with Gasteiger partial charge in [-0.15, -0.1) is 11.3 Å². The maximum Gasteiger partial charge on any atom is 0.0349 e. The van der Waals surface area contributed by atoms with Crippen molar-refractivity contribution in [3.05, 3.63) is 34.7 Å². The second-order valence-corrected chi connectivity index (χ2v) is 6.88. The van der Waals surface area contributed by atoms with Crippen LogP contribution in [0.25, 0.3) is 10.1 Å². The van der Waals surface area contributed by atoms with Gasteiger partial charge >= 0.3 is 0 Å². The predicted molar refractivity (Wildman–Crippen MR) is 90.4 cm³/mol. The van der Waals surface area contributed by atoms with Crippen molar-refractivity contribution in [2.75, 3.05) is 20.6 Å². The summed E-state index contributed by atoms with van der Waals surface area (Å²) in [6.07, 6.45) is 1.25. The average Bonchev–Trinajstić information content (AvgIpc) is 2.77. The normalized spacial score (nSPS) is 13.2. The van der Waals surface area contributed by atoms with E-state index in [1.165, 1.54) is 33.5 Å². The zero-order valence-corrected chi connectivity index (χ0v) is 13.9. The molecular weight excluding hydrogens is 264 g/mol. The molecule has 0 amide bonds.